The summed E-state index contributed by atoms with van der Waals surface area (Å²) < 4.78 is 5.13. The number of nitrogens with one attached hydrogen (secondary N) is 1. The zero-order chi connectivity index (χ0) is 14.3. The second-order valence-corrected chi connectivity index (χ2v) is 4.90. The van der Waals surface area contributed by atoms with Gasteiger partial charge in [0, 0.05) is 25.7 Å². The Balaban J connectivity index is 2.44. The van der Waals surface area contributed by atoms with E-state index in [1.165, 1.54) is 0 Å². The molecule has 0 amide bonds. The largest absolute Gasteiger partial charge is 0.495 e. The Morgan fingerprint density at radius 3 is 2.74 bits per heavy atom. The molecule has 0 bridgehead atoms. The molecule has 0 saturated heterocycles. The van der Waals surface area contributed by atoms with Gasteiger partial charge in [0.2, 0.25) is 0 Å². The van der Waals surface area contributed by atoms with Crippen LogP contribution >= 0.6 is 0 Å². The van der Waals surface area contributed by atoms with E-state index < -0.39 is 0 Å². The lowest BCUT2D eigenvalue weighted by Crippen LogP contribution is -2.33. The minimum atomic E-state index is 0.563. The highest BCUT2D eigenvalue weighted by Crippen LogP contribution is 2.18. The first-order chi connectivity index (χ1) is 9.08. The van der Waals surface area contributed by atoms with Gasteiger partial charge in [0.05, 0.1) is 12.7 Å². The van der Waals surface area contributed by atoms with Crippen LogP contribution < -0.4 is 10.1 Å². The molecule has 1 aromatic carbocycles. The van der Waals surface area contributed by atoms with Gasteiger partial charge in [0.25, 0.3) is 0 Å². The van der Waals surface area contributed by atoms with Crippen LogP contribution in [0, 0.1) is 11.3 Å². The van der Waals surface area contributed by atoms with E-state index in [0.29, 0.717) is 17.4 Å². The van der Waals surface area contributed by atoms with E-state index in [9.17, 15) is 0 Å². The summed E-state index contributed by atoms with van der Waals surface area (Å²) >= 11 is 0. The van der Waals surface area contributed by atoms with Crippen LogP contribution in [0.1, 0.15) is 25.0 Å². The number of likely N-dealkylation sites (N-methyl/N-ethyl adjacent to an activating group) is 1. The van der Waals surface area contributed by atoms with Crippen molar-refractivity contribution in [2.45, 2.75) is 26.4 Å². The van der Waals surface area contributed by atoms with Gasteiger partial charge in [-0.2, -0.15) is 5.26 Å². The standard InChI is InChI=1S/C15H23N3O/c1-12(2)18(3)8-7-17-11-13-5-6-15(19-4)14(9-13)10-16/h5-6,9,12,17H,7-8,11H2,1-4H3. The first kappa shape index (κ1) is 15.5. The van der Waals surface area contributed by atoms with Gasteiger partial charge in [0.1, 0.15) is 11.8 Å². The van der Waals surface area contributed by atoms with Crippen LogP contribution in [-0.4, -0.2) is 38.2 Å². The second-order valence-electron chi connectivity index (χ2n) is 4.90. The van der Waals surface area contributed by atoms with Crippen LogP contribution in [0.2, 0.25) is 0 Å². The Bertz CT molecular complexity index is 438. The lowest BCUT2D eigenvalue weighted by Gasteiger charge is -2.20. The average molecular weight is 261 g/mol. The smallest absolute Gasteiger partial charge is 0.136 e. The summed E-state index contributed by atoms with van der Waals surface area (Å²) in [6, 6.07) is 8.41. The van der Waals surface area contributed by atoms with Crippen LogP contribution in [0.15, 0.2) is 18.2 Å². The van der Waals surface area contributed by atoms with Crippen LogP contribution in [0.25, 0.3) is 0 Å². The number of methoxy groups -OCH3 is 1. The Morgan fingerprint density at radius 2 is 2.16 bits per heavy atom. The van der Waals surface area contributed by atoms with E-state index >= 15 is 0 Å². The minimum Gasteiger partial charge on any atom is -0.495 e. The molecule has 4 heteroatoms. The molecule has 0 spiro atoms. The maximum atomic E-state index is 9.02. The zero-order valence-corrected chi connectivity index (χ0v) is 12.2. The molecule has 104 valence electrons. The predicted octanol–water partition coefficient (Wildman–Crippen LogP) is 2.00. The normalized spacial score (nSPS) is 10.8. The van der Waals surface area contributed by atoms with Crippen molar-refractivity contribution in [3.8, 4) is 11.8 Å². The highest BCUT2D eigenvalue weighted by atomic mass is 16.5. The van der Waals surface area contributed by atoms with E-state index in [4.69, 9.17) is 10.00 Å². The molecular formula is C15H23N3O. The summed E-state index contributed by atoms with van der Waals surface area (Å²) in [6.45, 7) is 7.08. The molecule has 19 heavy (non-hydrogen) atoms. The number of hydrogen-bond acceptors (Lipinski definition) is 4. The van der Waals surface area contributed by atoms with Gasteiger partial charge in [0.15, 0.2) is 0 Å². The maximum Gasteiger partial charge on any atom is 0.136 e. The number of hydrogen-bond donors (Lipinski definition) is 1. The molecule has 4 nitrogen and oxygen atoms in total. The van der Waals surface area contributed by atoms with Crippen molar-refractivity contribution in [2.75, 3.05) is 27.2 Å². The summed E-state index contributed by atoms with van der Waals surface area (Å²) in [6.07, 6.45) is 0. The van der Waals surface area contributed by atoms with Crippen molar-refractivity contribution >= 4 is 0 Å². The summed E-state index contributed by atoms with van der Waals surface area (Å²) in [7, 11) is 3.70. The molecule has 0 fully saturated rings. The van der Waals surface area contributed by atoms with E-state index in [-0.39, 0.29) is 0 Å². The number of rotatable bonds is 7. The van der Waals surface area contributed by atoms with E-state index in [1.807, 2.05) is 18.2 Å². The number of benzene rings is 1. The van der Waals surface area contributed by atoms with E-state index in [0.717, 1.165) is 25.2 Å². The highest BCUT2D eigenvalue weighted by molar-refractivity contribution is 5.45. The lowest BCUT2D eigenvalue weighted by molar-refractivity contribution is 0.273. The van der Waals surface area contributed by atoms with Gasteiger partial charge in [-0.3, -0.25) is 0 Å². The highest BCUT2D eigenvalue weighted by Gasteiger charge is 2.04. The van der Waals surface area contributed by atoms with E-state index in [1.54, 1.807) is 7.11 Å². The Labute approximate surface area is 116 Å². The summed E-state index contributed by atoms with van der Waals surface area (Å²) in [5.41, 5.74) is 1.69. The predicted molar refractivity (Wildman–Crippen MR) is 77.2 cm³/mol. The number of ether oxygens (including phenoxy) is 1. The number of nitriles is 1. The van der Waals surface area contributed by atoms with Crippen LogP contribution in [0.4, 0.5) is 0 Å². The molecule has 0 saturated carbocycles. The molecule has 0 aliphatic heterocycles. The molecular weight excluding hydrogens is 238 g/mol. The first-order valence-electron chi connectivity index (χ1n) is 6.56. The molecule has 0 aliphatic carbocycles. The van der Waals surface area contributed by atoms with Gasteiger partial charge >= 0.3 is 0 Å². The fourth-order valence-electron chi connectivity index (χ4n) is 1.70. The van der Waals surface area contributed by atoms with Crippen molar-refractivity contribution in [1.82, 2.24) is 10.2 Å². The zero-order valence-electron chi connectivity index (χ0n) is 12.2. The Morgan fingerprint density at radius 1 is 1.42 bits per heavy atom. The Hall–Kier alpha value is -1.57. The van der Waals surface area contributed by atoms with Crippen LogP contribution in [0.5, 0.6) is 5.75 Å². The quantitative estimate of drug-likeness (QED) is 0.763. The first-order valence-corrected chi connectivity index (χ1v) is 6.56. The summed E-state index contributed by atoms with van der Waals surface area (Å²) in [5, 5.41) is 12.4. The third kappa shape index (κ3) is 4.90. The third-order valence-corrected chi connectivity index (χ3v) is 3.24. The Kier molecular flexibility index (Phi) is 6.34. The third-order valence-electron chi connectivity index (χ3n) is 3.24. The maximum absolute atomic E-state index is 9.02. The van der Waals surface area contributed by atoms with Gasteiger partial charge in [-0.15, -0.1) is 0 Å². The molecule has 1 N–H and O–H groups in total. The fraction of sp³-hybridized carbons (Fsp3) is 0.533. The molecule has 0 aromatic heterocycles. The van der Waals surface area contributed by atoms with Crippen molar-refractivity contribution in [1.29, 1.82) is 5.26 Å². The van der Waals surface area contributed by atoms with Crippen LogP contribution in [-0.2, 0) is 6.54 Å². The summed E-state index contributed by atoms with van der Waals surface area (Å²) in [5.74, 6) is 0.630. The monoisotopic (exact) mass is 261 g/mol. The fourth-order valence-corrected chi connectivity index (χ4v) is 1.70. The number of nitrogens with zero attached hydrogens (tertiary/aromatic N) is 2. The van der Waals surface area contributed by atoms with Crippen molar-refractivity contribution < 1.29 is 4.74 Å². The van der Waals surface area contributed by atoms with E-state index in [2.05, 4.69) is 37.2 Å². The molecule has 1 aromatic rings. The molecule has 0 unspecified atom stereocenters. The SMILES string of the molecule is COc1ccc(CNCCN(C)C(C)C)cc1C#N. The molecule has 0 aliphatic rings. The minimum absolute atomic E-state index is 0.563. The molecule has 0 atom stereocenters. The van der Waals surface area contributed by atoms with Crippen molar-refractivity contribution in [3.05, 3.63) is 29.3 Å². The average Bonchev–Trinajstić information content (AvgIpc) is 2.42. The van der Waals surface area contributed by atoms with Gasteiger partial charge in [-0.05, 0) is 38.6 Å². The molecule has 0 heterocycles. The summed E-state index contributed by atoms with van der Waals surface area (Å²) in [4.78, 5) is 2.29. The molecule has 1 rings (SSSR count). The second kappa shape index (κ2) is 7.78. The molecule has 0 radical (unpaired) electrons. The van der Waals surface area contributed by atoms with Crippen molar-refractivity contribution in [2.24, 2.45) is 0 Å². The van der Waals surface area contributed by atoms with Gasteiger partial charge < -0.3 is 15.0 Å². The van der Waals surface area contributed by atoms with Crippen LogP contribution in [0.3, 0.4) is 0 Å². The topological polar surface area (TPSA) is 48.3 Å². The lowest BCUT2D eigenvalue weighted by atomic mass is 10.1. The van der Waals surface area contributed by atoms with Gasteiger partial charge in [-0.1, -0.05) is 6.07 Å². The van der Waals surface area contributed by atoms with Gasteiger partial charge in [-0.25, -0.2) is 0 Å². The van der Waals surface area contributed by atoms with Crippen molar-refractivity contribution in [3.63, 3.8) is 0 Å².